The van der Waals surface area contributed by atoms with Gasteiger partial charge < -0.3 is 25.4 Å². The molecule has 4 rings (SSSR count). The Balaban J connectivity index is 1.84. The smallest absolute Gasteiger partial charge is 0.393 e. The van der Waals surface area contributed by atoms with Crippen LogP contribution in [0.15, 0.2) is 18.3 Å². The van der Waals surface area contributed by atoms with E-state index in [2.05, 4.69) is 20.9 Å². The normalized spacial score (nSPS) is 20.3. The van der Waals surface area contributed by atoms with E-state index in [1.54, 1.807) is 4.90 Å². The third-order valence-corrected chi connectivity index (χ3v) is 5.57. The highest BCUT2D eigenvalue weighted by Crippen LogP contribution is 2.38. The summed E-state index contributed by atoms with van der Waals surface area (Å²) < 4.78 is 46.7. The number of nitrogen functional groups attached to an aromatic ring is 1. The van der Waals surface area contributed by atoms with Crippen molar-refractivity contribution in [1.82, 2.24) is 15.0 Å². The number of hydrogen-bond donors (Lipinski definition) is 2. The zero-order valence-corrected chi connectivity index (χ0v) is 17.2. The monoisotopic (exact) mass is 448 g/mol. The Morgan fingerprint density at radius 2 is 1.94 bits per heavy atom. The van der Waals surface area contributed by atoms with Crippen LogP contribution in [0.5, 0.6) is 0 Å². The highest BCUT2D eigenvalue weighted by molar-refractivity contribution is 5.69. The van der Waals surface area contributed by atoms with Gasteiger partial charge in [-0.2, -0.15) is 18.2 Å². The van der Waals surface area contributed by atoms with Gasteiger partial charge in [0.1, 0.15) is 17.7 Å². The van der Waals surface area contributed by atoms with Crippen molar-refractivity contribution in [2.45, 2.75) is 31.2 Å². The fraction of sp³-hybridized carbons (Fsp3) is 0.476. The molecule has 0 bridgehead atoms. The van der Waals surface area contributed by atoms with E-state index in [4.69, 9.17) is 16.9 Å². The summed E-state index contributed by atoms with van der Waals surface area (Å²) in [6, 6.07) is 1.86. The van der Waals surface area contributed by atoms with Crippen molar-refractivity contribution in [2.24, 2.45) is 0 Å². The standard InChI is InChI=1S/C21H23F3N6O2/c1-2-13-12-32-8-7-30(13)20-27-17(10-19(28-20)29-5-3-14(31)4-6-29)15-11-26-18(25)9-16(15)21(22,23)24/h1,9-11,13-14,31H,3-8,12H2,(H2,25,26). The number of pyridine rings is 1. The summed E-state index contributed by atoms with van der Waals surface area (Å²) in [6.07, 6.45) is 2.73. The first-order valence-electron chi connectivity index (χ1n) is 10.2. The molecule has 0 aliphatic carbocycles. The maximum atomic E-state index is 13.8. The predicted molar refractivity (Wildman–Crippen MR) is 113 cm³/mol. The molecule has 3 N–H and O–H groups in total. The fourth-order valence-corrected chi connectivity index (χ4v) is 3.84. The average Bonchev–Trinajstić information content (AvgIpc) is 2.78. The van der Waals surface area contributed by atoms with Gasteiger partial charge in [0.25, 0.3) is 0 Å². The molecule has 2 aromatic heterocycles. The van der Waals surface area contributed by atoms with Gasteiger partial charge in [-0.05, 0) is 18.9 Å². The maximum absolute atomic E-state index is 13.8. The van der Waals surface area contributed by atoms with Crippen molar-refractivity contribution in [1.29, 1.82) is 0 Å². The lowest BCUT2D eigenvalue weighted by molar-refractivity contribution is -0.137. The summed E-state index contributed by atoms with van der Waals surface area (Å²) in [6.45, 7) is 2.11. The molecule has 8 nitrogen and oxygen atoms in total. The Hall–Kier alpha value is -3.10. The Morgan fingerprint density at radius 3 is 2.62 bits per heavy atom. The second-order valence-electron chi connectivity index (χ2n) is 7.73. The molecule has 11 heteroatoms. The molecule has 2 aliphatic heterocycles. The second kappa shape index (κ2) is 8.80. The van der Waals surface area contributed by atoms with Gasteiger partial charge in [0.05, 0.1) is 30.6 Å². The van der Waals surface area contributed by atoms with Gasteiger partial charge in [-0.15, -0.1) is 6.42 Å². The van der Waals surface area contributed by atoms with Gasteiger partial charge in [-0.25, -0.2) is 9.97 Å². The van der Waals surface area contributed by atoms with Gasteiger partial charge >= 0.3 is 6.18 Å². The van der Waals surface area contributed by atoms with Crippen molar-refractivity contribution < 1.29 is 23.0 Å². The maximum Gasteiger partial charge on any atom is 0.417 e. The molecule has 2 fully saturated rings. The number of nitrogens with zero attached hydrogens (tertiary/aromatic N) is 5. The lowest BCUT2D eigenvalue weighted by Gasteiger charge is -2.34. The number of halogens is 3. The van der Waals surface area contributed by atoms with Crippen molar-refractivity contribution >= 4 is 17.6 Å². The number of hydrogen-bond acceptors (Lipinski definition) is 8. The molecule has 0 radical (unpaired) electrons. The number of rotatable bonds is 3. The van der Waals surface area contributed by atoms with Crippen molar-refractivity contribution in [2.75, 3.05) is 48.4 Å². The topological polar surface area (TPSA) is 101 Å². The number of aliphatic hydroxyl groups is 1. The Bertz CT molecular complexity index is 1020. The van der Waals surface area contributed by atoms with E-state index in [1.165, 1.54) is 6.07 Å². The Labute approximate surface area is 183 Å². The number of piperidine rings is 1. The van der Waals surface area contributed by atoms with Crippen LogP contribution in [0.1, 0.15) is 18.4 Å². The van der Waals surface area contributed by atoms with Crippen LogP contribution in [0.2, 0.25) is 0 Å². The molecule has 0 aromatic carbocycles. The first-order chi connectivity index (χ1) is 15.3. The summed E-state index contributed by atoms with van der Waals surface area (Å²) in [5.74, 6) is 3.07. The van der Waals surface area contributed by atoms with Gasteiger partial charge in [-0.3, -0.25) is 0 Å². The number of nitrogens with two attached hydrogens (primary N) is 1. The highest BCUT2D eigenvalue weighted by atomic mass is 19.4. The number of aromatic nitrogens is 3. The van der Waals surface area contributed by atoms with E-state index in [0.29, 0.717) is 44.9 Å². The molecule has 2 aliphatic rings. The number of aliphatic hydroxyl groups excluding tert-OH is 1. The van der Waals surface area contributed by atoms with Crippen LogP contribution in [0.3, 0.4) is 0 Å². The highest BCUT2D eigenvalue weighted by Gasteiger charge is 2.35. The van der Waals surface area contributed by atoms with Gasteiger partial charge in [0, 0.05) is 37.5 Å². The molecule has 2 aromatic rings. The zero-order chi connectivity index (χ0) is 22.9. The van der Waals surface area contributed by atoms with Crippen molar-refractivity contribution in [3.05, 3.63) is 23.9 Å². The number of terminal acetylenes is 1. The number of morpholine rings is 1. The molecular formula is C21H23F3N6O2. The van der Waals surface area contributed by atoms with Crippen LogP contribution in [0.4, 0.5) is 30.8 Å². The molecule has 32 heavy (non-hydrogen) atoms. The first kappa shape index (κ1) is 22.1. The molecule has 4 heterocycles. The summed E-state index contributed by atoms with van der Waals surface area (Å²) in [7, 11) is 0. The predicted octanol–water partition coefficient (Wildman–Crippen LogP) is 1.94. The molecule has 2 saturated heterocycles. The third-order valence-electron chi connectivity index (χ3n) is 5.57. The SMILES string of the molecule is C#CC1COCCN1c1nc(-c2cnc(N)cc2C(F)(F)F)cc(N2CCC(O)CC2)n1. The van der Waals surface area contributed by atoms with Gasteiger partial charge in [0.2, 0.25) is 5.95 Å². The Morgan fingerprint density at radius 1 is 1.19 bits per heavy atom. The molecule has 1 atom stereocenters. The summed E-state index contributed by atoms with van der Waals surface area (Å²) in [5.41, 5.74) is 4.47. The molecule has 0 spiro atoms. The molecule has 1 unspecified atom stereocenters. The van der Waals surface area contributed by atoms with E-state index in [9.17, 15) is 18.3 Å². The zero-order valence-electron chi connectivity index (χ0n) is 17.2. The molecule has 170 valence electrons. The van der Waals surface area contributed by atoms with E-state index in [0.717, 1.165) is 12.3 Å². The first-order valence-corrected chi connectivity index (χ1v) is 10.2. The minimum atomic E-state index is -4.65. The van der Waals surface area contributed by atoms with E-state index in [1.807, 2.05) is 4.90 Å². The van der Waals surface area contributed by atoms with Crippen LogP contribution in [-0.2, 0) is 10.9 Å². The third kappa shape index (κ3) is 4.56. The molecule has 0 saturated carbocycles. The van der Waals surface area contributed by atoms with Gasteiger partial charge in [-0.1, -0.05) is 5.92 Å². The number of anilines is 3. The minimum absolute atomic E-state index is 0.0678. The van der Waals surface area contributed by atoms with Crippen molar-refractivity contribution in [3.8, 4) is 23.6 Å². The Kier molecular flexibility index (Phi) is 6.08. The van der Waals surface area contributed by atoms with Gasteiger partial charge in [0.15, 0.2) is 0 Å². The van der Waals surface area contributed by atoms with E-state index < -0.39 is 23.9 Å². The average molecular weight is 448 g/mol. The second-order valence-corrected chi connectivity index (χ2v) is 7.73. The lowest BCUT2D eigenvalue weighted by Crippen LogP contribution is -2.46. The largest absolute Gasteiger partial charge is 0.417 e. The van der Waals surface area contributed by atoms with Crippen LogP contribution in [0.25, 0.3) is 11.3 Å². The van der Waals surface area contributed by atoms with E-state index >= 15 is 0 Å². The summed E-state index contributed by atoms with van der Waals surface area (Å²) in [5, 5.41) is 9.83. The minimum Gasteiger partial charge on any atom is -0.393 e. The number of alkyl halides is 3. The lowest BCUT2D eigenvalue weighted by atomic mass is 10.1. The van der Waals surface area contributed by atoms with Crippen LogP contribution < -0.4 is 15.5 Å². The number of ether oxygens (including phenoxy) is 1. The summed E-state index contributed by atoms with van der Waals surface area (Å²) >= 11 is 0. The molecule has 0 amide bonds. The fourth-order valence-electron chi connectivity index (χ4n) is 3.84. The van der Waals surface area contributed by atoms with Crippen LogP contribution >= 0.6 is 0 Å². The molecular weight excluding hydrogens is 425 g/mol. The van der Waals surface area contributed by atoms with Crippen molar-refractivity contribution in [3.63, 3.8) is 0 Å². The van der Waals surface area contributed by atoms with Crippen LogP contribution in [0, 0.1) is 12.3 Å². The summed E-state index contributed by atoms with van der Waals surface area (Å²) in [4.78, 5) is 16.6. The quantitative estimate of drug-likeness (QED) is 0.688. The van der Waals surface area contributed by atoms with Crippen LogP contribution in [-0.4, -0.2) is 65.1 Å². The van der Waals surface area contributed by atoms with E-state index in [-0.39, 0.29) is 29.6 Å².